The number of nitrogens with two attached hydrogens (primary N) is 1. The van der Waals surface area contributed by atoms with Crippen LogP contribution in [0, 0.1) is 5.92 Å². The Kier molecular flexibility index (Phi) is 3.68. The third-order valence-electron chi connectivity index (χ3n) is 3.41. The Morgan fingerprint density at radius 3 is 2.86 bits per heavy atom. The molecule has 3 N–H and O–H groups in total. The highest BCUT2D eigenvalue weighted by Gasteiger charge is 2.41. The highest BCUT2D eigenvalue weighted by Crippen LogP contribution is 2.35. The van der Waals surface area contributed by atoms with Crippen molar-refractivity contribution in [2.75, 3.05) is 12.0 Å². The molecule has 7 nitrogen and oxygen atoms in total. The molecule has 1 saturated carbocycles. The summed E-state index contributed by atoms with van der Waals surface area (Å²) < 4.78 is 29.3. The van der Waals surface area contributed by atoms with E-state index in [1.165, 1.54) is 11.3 Å². The van der Waals surface area contributed by atoms with Crippen LogP contribution in [0.1, 0.15) is 26.7 Å². The summed E-state index contributed by atoms with van der Waals surface area (Å²) in [7, 11) is -3.63. The van der Waals surface area contributed by atoms with Gasteiger partial charge in [-0.3, -0.25) is 4.40 Å². The number of hydrogen-bond acceptors (Lipinski definition) is 6. The zero-order valence-electron chi connectivity index (χ0n) is 12.0. The van der Waals surface area contributed by atoms with Crippen LogP contribution in [0.5, 0.6) is 0 Å². The molecule has 0 aliphatic heterocycles. The number of hydrogen-bond donors (Lipinski definition) is 2. The van der Waals surface area contributed by atoms with Gasteiger partial charge in [0.25, 0.3) is 10.0 Å². The summed E-state index contributed by atoms with van der Waals surface area (Å²) in [6.45, 7) is 4.54. The van der Waals surface area contributed by atoms with Gasteiger partial charge in [0.05, 0.1) is 0 Å². The van der Waals surface area contributed by atoms with Crippen molar-refractivity contribution in [3.63, 3.8) is 0 Å². The number of sulfonamides is 1. The van der Waals surface area contributed by atoms with Crippen LogP contribution < -0.4 is 11.3 Å². The largest absolute Gasteiger partial charge is 0.306 e. The molecule has 2 aromatic rings. The van der Waals surface area contributed by atoms with E-state index in [4.69, 9.17) is 5.84 Å². The van der Waals surface area contributed by atoms with Crippen molar-refractivity contribution in [1.82, 2.24) is 13.7 Å². The van der Waals surface area contributed by atoms with Crippen LogP contribution in [0.15, 0.2) is 16.6 Å². The summed E-state index contributed by atoms with van der Waals surface area (Å²) in [5.41, 5.74) is 2.41. The zero-order chi connectivity index (χ0) is 15.2. The fourth-order valence-corrected chi connectivity index (χ4v) is 5.22. The van der Waals surface area contributed by atoms with Crippen molar-refractivity contribution in [3.05, 3.63) is 11.6 Å². The molecule has 21 heavy (non-hydrogen) atoms. The van der Waals surface area contributed by atoms with Gasteiger partial charge in [0.2, 0.25) is 5.03 Å². The number of imidazole rings is 1. The third kappa shape index (κ3) is 2.54. The van der Waals surface area contributed by atoms with E-state index in [-0.39, 0.29) is 22.8 Å². The van der Waals surface area contributed by atoms with E-state index in [2.05, 4.69) is 10.4 Å². The monoisotopic (exact) mass is 329 g/mol. The van der Waals surface area contributed by atoms with E-state index >= 15 is 0 Å². The minimum atomic E-state index is -3.63. The number of nitrogens with one attached hydrogen (secondary N) is 1. The molecule has 9 heteroatoms. The van der Waals surface area contributed by atoms with Gasteiger partial charge in [0, 0.05) is 24.2 Å². The summed E-state index contributed by atoms with van der Waals surface area (Å²) in [4.78, 5) is 4.85. The molecule has 0 saturated heterocycles. The first-order valence-corrected chi connectivity index (χ1v) is 9.21. The lowest BCUT2D eigenvalue weighted by molar-refractivity contribution is 0.358. The molecule has 0 radical (unpaired) electrons. The number of nitrogens with zero attached hydrogens (tertiary/aromatic N) is 3. The summed E-state index contributed by atoms with van der Waals surface area (Å²) in [6, 6.07) is 0.104. The Morgan fingerprint density at radius 1 is 1.57 bits per heavy atom. The fourth-order valence-electron chi connectivity index (χ4n) is 2.38. The van der Waals surface area contributed by atoms with Gasteiger partial charge >= 0.3 is 0 Å². The van der Waals surface area contributed by atoms with Crippen LogP contribution in [0.4, 0.5) is 5.82 Å². The van der Waals surface area contributed by atoms with Gasteiger partial charge in [0.15, 0.2) is 10.8 Å². The molecule has 0 spiro atoms. The average Bonchev–Trinajstić information content (AvgIpc) is 3.03. The van der Waals surface area contributed by atoms with Crippen molar-refractivity contribution in [1.29, 1.82) is 0 Å². The first kappa shape index (κ1) is 14.8. The van der Waals surface area contributed by atoms with Crippen molar-refractivity contribution < 1.29 is 8.42 Å². The standard InChI is InChI=1S/C12H19N5O2S2/c1-8(2)7-17(9-3-4-9)21(18,19)11-10(15-13)14-12-16(11)5-6-20-12/h5-6,8-9,15H,3-4,7,13H2,1-2H3. The smallest absolute Gasteiger partial charge is 0.263 e. The number of hydrazine groups is 1. The molecule has 2 aromatic heterocycles. The van der Waals surface area contributed by atoms with Crippen LogP contribution in [-0.2, 0) is 10.0 Å². The minimum Gasteiger partial charge on any atom is -0.306 e. The maximum atomic E-state index is 13.1. The lowest BCUT2D eigenvalue weighted by Crippen LogP contribution is -2.37. The first-order chi connectivity index (χ1) is 9.95. The molecule has 1 aliphatic rings. The SMILES string of the molecule is CC(C)CN(C1CC1)S(=O)(=O)c1c(NN)nc2sccn12. The number of aromatic nitrogens is 2. The van der Waals surface area contributed by atoms with Gasteiger partial charge in [-0.2, -0.15) is 9.29 Å². The van der Waals surface area contributed by atoms with Crippen LogP contribution in [0.2, 0.25) is 0 Å². The molecule has 0 unspecified atom stereocenters. The van der Waals surface area contributed by atoms with Gasteiger partial charge in [-0.25, -0.2) is 14.3 Å². The lowest BCUT2D eigenvalue weighted by atomic mass is 10.2. The fraction of sp³-hybridized carbons (Fsp3) is 0.583. The third-order valence-corrected chi connectivity index (χ3v) is 6.11. The first-order valence-electron chi connectivity index (χ1n) is 6.89. The van der Waals surface area contributed by atoms with Crippen LogP contribution in [0.25, 0.3) is 4.96 Å². The molecular formula is C12H19N5O2S2. The quantitative estimate of drug-likeness (QED) is 0.619. The molecule has 1 aliphatic carbocycles. The topological polar surface area (TPSA) is 92.7 Å². The highest BCUT2D eigenvalue weighted by molar-refractivity contribution is 7.89. The van der Waals surface area contributed by atoms with Crippen molar-refractivity contribution in [2.24, 2.45) is 11.8 Å². The summed E-state index contributed by atoms with van der Waals surface area (Å²) in [5, 5.41) is 1.94. The maximum absolute atomic E-state index is 13.1. The number of nitrogen functional groups attached to an aromatic ring is 1. The summed E-state index contributed by atoms with van der Waals surface area (Å²) in [6.07, 6.45) is 3.55. The normalized spacial score (nSPS) is 16.2. The van der Waals surface area contributed by atoms with E-state index < -0.39 is 10.0 Å². The Labute approximate surface area is 127 Å². The van der Waals surface area contributed by atoms with Gasteiger partial charge in [-0.05, 0) is 18.8 Å². The summed E-state index contributed by atoms with van der Waals surface area (Å²) in [5.74, 6) is 5.93. The second-order valence-corrected chi connectivity index (χ2v) is 8.34. The highest BCUT2D eigenvalue weighted by atomic mass is 32.2. The van der Waals surface area contributed by atoms with Gasteiger partial charge in [0.1, 0.15) is 0 Å². The van der Waals surface area contributed by atoms with Crippen molar-refractivity contribution in [2.45, 2.75) is 37.8 Å². The molecule has 0 atom stereocenters. The van der Waals surface area contributed by atoms with Gasteiger partial charge in [-0.15, -0.1) is 11.3 Å². The Morgan fingerprint density at radius 2 is 2.29 bits per heavy atom. The Hall–Kier alpha value is -1.16. The predicted molar refractivity (Wildman–Crippen MR) is 82.6 cm³/mol. The average molecular weight is 329 g/mol. The number of anilines is 1. The second-order valence-electron chi connectivity index (χ2n) is 5.67. The molecule has 2 heterocycles. The van der Waals surface area contributed by atoms with E-state index in [0.717, 1.165) is 12.8 Å². The van der Waals surface area contributed by atoms with Gasteiger partial charge in [-0.1, -0.05) is 13.8 Å². The minimum absolute atomic E-state index is 0.104. The van der Waals surface area contributed by atoms with Crippen molar-refractivity contribution >= 4 is 32.1 Å². The Bertz CT molecular complexity index is 745. The Balaban J connectivity index is 2.11. The van der Waals surface area contributed by atoms with E-state index in [1.807, 2.05) is 19.2 Å². The van der Waals surface area contributed by atoms with Crippen LogP contribution in [0.3, 0.4) is 0 Å². The maximum Gasteiger partial charge on any atom is 0.263 e. The molecule has 116 valence electrons. The number of rotatable bonds is 6. The van der Waals surface area contributed by atoms with Crippen molar-refractivity contribution in [3.8, 4) is 0 Å². The molecule has 3 rings (SSSR count). The molecule has 0 amide bonds. The molecule has 0 bridgehead atoms. The molecule has 1 fully saturated rings. The molecular weight excluding hydrogens is 310 g/mol. The van der Waals surface area contributed by atoms with E-state index in [9.17, 15) is 8.42 Å². The summed E-state index contributed by atoms with van der Waals surface area (Å²) >= 11 is 1.38. The second kappa shape index (κ2) is 5.24. The van der Waals surface area contributed by atoms with E-state index in [1.54, 1.807) is 14.9 Å². The van der Waals surface area contributed by atoms with E-state index in [0.29, 0.717) is 11.5 Å². The predicted octanol–water partition coefficient (Wildman–Crippen LogP) is 1.49. The van der Waals surface area contributed by atoms with Gasteiger partial charge < -0.3 is 5.43 Å². The lowest BCUT2D eigenvalue weighted by Gasteiger charge is -2.23. The zero-order valence-corrected chi connectivity index (χ0v) is 13.6. The number of thiazole rings is 1. The van der Waals surface area contributed by atoms with Crippen LogP contribution >= 0.6 is 11.3 Å². The van der Waals surface area contributed by atoms with Crippen LogP contribution in [-0.4, -0.2) is 34.7 Å². The molecule has 0 aromatic carbocycles. The number of fused-ring (bicyclic) bond motifs is 1.